The molecule has 5 nitrogen and oxygen atoms in total. The second-order valence-electron chi connectivity index (χ2n) is 3.30. The summed E-state index contributed by atoms with van der Waals surface area (Å²) in [6.07, 6.45) is -0.351. The molecule has 6 heteroatoms. The average Bonchev–Trinajstić information content (AvgIpc) is 2.01. The van der Waals surface area contributed by atoms with Crippen molar-refractivity contribution < 1.29 is 23.1 Å². The molecule has 1 N–H and O–H groups in total. The van der Waals surface area contributed by atoms with E-state index in [2.05, 4.69) is 4.74 Å². The number of aliphatic hydroxyl groups excluding tert-OH is 1. The maximum atomic E-state index is 11.4. The van der Waals surface area contributed by atoms with E-state index >= 15 is 0 Å². The van der Waals surface area contributed by atoms with E-state index < -0.39 is 27.2 Å². The molecule has 1 heterocycles. The van der Waals surface area contributed by atoms with Crippen LogP contribution in [0.25, 0.3) is 0 Å². The molecule has 1 aliphatic rings. The largest absolute Gasteiger partial charge is 0.465 e. The quantitative estimate of drug-likeness (QED) is 0.636. The highest BCUT2D eigenvalue weighted by Crippen LogP contribution is 2.21. The van der Waals surface area contributed by atoms with Crippen molar-refractivity contribution in [1.29, 1.82) is 0 Å². The van der Waals surface area contributed by atoms with Crippen molar-refractivity contribution in [2.24, 2.45) is 0 Å². The van der Waals surface area contributed by atoms with Gasteiger partial charge in [-0.15, -0.1) is 0 Å². The van der Waals surface area contributed by atoms with Crippen LogP contribution >= 0.6 is 0 Å². The number of carbonyl (C=O) groups excluding carboxylic acids is 1. The molecule has 1 rings (SSSR count). The van der Waals surface area contributed by atoms with Crippen molar-refractivity contribution in [3.05, 3.63) is 0 Å². The lowest BCUT2D eigenvalue weighted by atomic mass is 10.1. The van der Waals surface area contributed by atoms with E-state index in [0.717, 1.165) is 0 Å². The fourth-order valence-corrected chi connectivity index (χ4v) is 3.28. The number of hydrogen-bond donors (Lipinski definition) is 1. The topological polar surface area (TPSA) is 80.7 Å². The van der Waals surface area contributed by atoms with Gasteiger partial charge in [0.25, 0.3) is 0 Å². The van der Waals surface area contributed by atoms with Crippen molar-refractivity contribution in [2.75, 3.05) is 12.4 Å². The number of esters is 1. The Morgan fingerprint density at radius 3 is 2.64 bits per heavy atom. The summed E-state index contributed by atoms with van der Waals surface area (Å²) in [5.41, 5.74) is 0. The molecule has 0 aromatic carbocycles. The van der Waals surface area contributed by atoms with Gasteiger partial charge < -0.3 is 9.84 Å². The molecule has 0 radical (unpaired) electrons. The summed E-state index contributed by atoms with van der Waals surface area (Å²) in [4.78, 5) is 11.2. The Balaban J connectivity index is 2.75. The Morgan fingerprint density at radius 1 is 1.50 bits per heavy atom. The molecule has 0 spiro atoms. The van der Waals surface area contributed by atoms with Crippen LogP contribution in [0, 0.1) is 0 Å². The molecule has 0 saturated carbocycles. The van der Waals surface area contributed by atoms with Gasteiger partial charge in [-0.3, -0.25) is 4.79 Å². The van der Waals surface area contributed by atoms with Crippen LogP contribution in [-0.2, 0) is 19.4 Å². The number of sulfone groups is 1. The summed E-state index contributed by atoms with van der Waals surface area (Å²) in [7, 11) is -3.52. The van der Waals surface area contributed by atoms with E-state index in [9.17, 15) is 13.2 Å². The van der Waals surface area contributed by atoms with Crippen LogP contribution in [0.4, 0.5) is 0 Å². The van der Waals surface area contributed by atoms with E-state index in [0.29, 0.717) is 6.42 Å². The number of carbonyl (C=O) groups is 1. The molecule has 0 bridgehead atoms. The molecular weight excluding hydrogens is 208 g/mol. The minimum atomic E-state index is -3.52. The van der Waals surface area contributed by atoms with Gasteiger partial charge in [0.15, 0.2) is 15.1 Å². The zero-order valence-electron chi connectivity index (χ0n) is 7.97. The lowest BCUT2D eigenvalue weighted by Crippen LogP contribution is -2.41. The van der Waals surface area contributed by atoms with Crippen LogP contribution in [-0.4, -0.2) is 43.2 Å². The van der Waals surface area contributed by atoms with Gasteiger partial charge in [-0.25, -0.2) is 8.42 Å². The standard InChI is InChI=1S/C8H14O5S/c1-2-13-8(10)7-4-3-6(9)5-14(7,11)12/h6-7,9H,2-5H2,1H3. The molecule has 2 atom stereocenters. The first kappa shape index (κ1) is 11.5. The number of rotatable bonds is 2. The Kier molecular flexibility index (Phi) is 3.49. The maximum Gasteiger partial charge on any atom is 0.324 e. The third kappa shape index (κ3) is 2.45. The monoisotopic (exact) mass is 222 g/mol. The van der Waals surface area contributed by atoms with Crippen LogP contribution in [0.15, 0.2) is 0 Å². The van der Waals surface area contributed by atoms with Crippen LogP contribution in [0.1, 0.15) is 19.8 Å². The average molecular weight is 222 g/mol. The zero-order valence-corrected chi connectivity index (χ0v) is 8.79. The summed E-state index contributed by atoms with van der Waals surface area (Å²) in [5, 5.41) is 8.07. The van der Waals surface area contributed by atoms with Crippen LogP contribution in [0.2, 0.25) is 0 Å². The molecule has 1 fully saturated rings. The highest BCUT2D eigenvalue weighted by Gasteiger charge is 2.39. The van der Waals surface area contributed by atoms with E-state index in [1.165, 1.54) is 0 Å². The highest BCUT2D eigenvalue weighted by atomic mass is 32.2. The molecule has 0 aromatic heterocycles. The number of ether oxygens (including phenoxy) is 1. The van der Waals surface area contributed by atoms with Crippen molar-refractivity contribution in [2.45, 2.75) is 31.1 Å². The predicted octanol–water partition coefficient (Wildman–Crippen LogP) is -0.512. The van der Waals surface area contributed by atoms with Crippen LogP contribution in [0.5, 0.6) is 0 Å². The first-order valence-electron chi connectivity index (χ1n) is 4.53. The molecular formula is C8H14O5S. The highest BCUT2D eigenvalue weighted by molar-refractivity contribution is 7.92. The summed E-state index contributed by atoms with van der Waals surface area (Å²) >= 11 is 0. The molecule has 1 aliphatic heterocycles. The predicted molar refractivity (Wildman–Crippen MR) is 49.4 cm³/mol. The lowest BCUT2D eigenvalue weighted by Gasteiger charge is -2.23. The molecule has 82 valence electrons. The summed E-state index contributed by atoms with van der Waals surface area (Å²) < 4.78 is 27.5. The third-order valence-electron chi connectivity index (χ3n) is 2.17. The molecule has 2 unspecified atom stereocenters. The smallest absolute Gasteiger partial charge is 0.324 e. The molecule has 14 heavy (non-hydrogen) atoms. The van der Waals surface area contributed by atoms with Gasteiger partial charge in [-0.1, -0.05) is 0 Å². The van der Waals surface area contributed by atoms with Gasteiger partial charge in [-0.2, -0.15) is 0 Å². The second kappa shape index (κ2) is 4.27. The van der Waals surface area contributed by atoms with E-state index in [1.807, 2.05) is 0 Å². The second-order valence-corrected chi connectivity index (χ2v) is 5.53. The van der Waals surface area contributed by atoms with E-state index in [-0.39, 0.29) is 18.8 Å². The lowest BCUT2D eigenvalue weighted by molar-refractivity contribution is -0.142. The number of hydrogen-bond acceptors (Lipinski definition) is 5. The summed E-state index contributed by atoms with van der Waals surface area (Å²) in [6, 6.07) is 0. The van der Waals surface area contributed by atoms with E-state index in [4.69, 9.17) is 5.11 Å². The van der Waals surface area contributed by atoms with Crippen LogP contribution < -0.4 is 0 Å². The fraction of sp³-hybridized carbons (Fsp3) is 0.875. The summed E-state index contributed by atoms with van der Waals surface area (Å²) in [5.74, 6) is -1.03. The van der Waals surface area contributed by atoms with Gasteiger partial charge >= 0.3 is 5.97 Å². The zero-order chi connectivity index (χ0) is 10.8. The summed E-state index contributed by atoms with van der Waals surface area (Å²) in [6.45, 7) is 1.80. The molecule has 0 aliphatic carbocycles. The first-order valence-corrected chi connectivity index (χ1v) is 6.25. The Labute approximate surface area is 83.0 Å². The minimum absolute atomic E-state index is 0.155. The molecule has 1 saturated heterocycles. The minimum Gasteiger partial charge on any atom is -0.465 e. The van der Waals surface area contributed by atoms with Crippen molar-refractivity contribution in [1.82, 2.24) is 0 Å². The van der Waals surface area contributed by atoms with Crippen molar-refractivity contribution >= 4 is 15.8 Å². The van der Waals surface area contributed by atoms with Crippen molar-refractivity contribution in [3.63, 3.8) is 0 Å². The third-order valence-corrected chi connectivity index (χ3v) is 4.31. The Bertz CT molecular complexity index is 308. The van der Waals surface area contributed by atoms with Gasteiger partial charge in [0.1, 0.15) is 0 Å². The van der Waals surface area contributed by atoms with Crippen molar-refractivity contribution in [3.8, 4) is 0 Å². The first-order chi connectivity index (χ1) is 6.47. The van der Waals surface area contributed by atoms with Crippen LogP contribution in [0.3, 0.4) is 0 Å². The number of aliphatic hydroxyl groups is 1. The molecule has 0 aromatic rings. The van der Waals surface area contributed by atoms with E-state index in [1.54, 1.807) is 6.92 Å². The Morgan fingerprint density at radius 2 is 2.14 bits per heavy atom. The maximum absolute atomic E-state index is 11.4. The SMILES string of the molecule is CCOC(=O)C1CCC(O)CS1(=O)=O. The fourth-order valence-electron chi connectivity index (χ4n) is 1.49. The van der Waals surface area contributed by atoms with Gasteiger partial charge in [-0.05, 0) is 19.8 Å². The van der Waals surface area contributed by atoms with Gasteiger partial charge in [0.05, 0.1) is 18.5 Å². The van der Waals surface area contributed by atoms with Gasteiger partial charge in [0.2, 0.25) is 0 Å². The normalized spacial score (nSPS) is 31.0. The van der Waals surface area contributed by atoms with Gasteiger partial charge in [0, 0.05) is 0 Å². The Hall–Kier alpha value is -0.620. The molecule has 0 amide bonds.